The lowest BCUT2D eigenvalue weighted by Crippen LogP contribution is -2.27. The van der Waals surface area contributed by atoms with Crippen LogP contribution in [0, 0.1) is 0 Å². The van der Waals surface area contributed by atoms with Gasteiger partial charge in [0.2, 0.25) is 0 Å². The minimum absolute atomic E-state index is 0.284. The number of carboxylic acid groups (broad SMARTS) is 1. The van der Waals surface area contributed by atoms with Gasteiger partial charge >= 0.3 is 5.97 Å². The third-order valence-electron chi connectivity index (χ3n) is 7.24. The molecule has 0 unspecified atom stereocenters. The van der Waals surface area contributed by atoms with Crippen molar-refractivity contribution >= 4 is 36.1 Å². The van der Waals surface area contributed by atoms with Gasteiger partial charge in [-0.2, -0.15) is 0 Å². The van der Waals surface area contributed by atoms with Gasteiger partial charge in [0.05, 0.1) is 6.42 Å². The Morgan fingerprint density at radius 3 is 2.15 bits per heavy atom. The van der Waals surface area contributed by atoms with Gasteiger partial charge in [0.1, 0.15) is 13.5 Å². The SMILES string of the molecule is [B]c1ccc2c(c1)c(CC(=O)O)c(C(=O)NCc1ccc(-c3ccccc3)cc1)n2Cc1ccc(C(C)C)cc1. The van der Waals surface area contributed by atoms with Crippen molar-refractivity contribution in [3.63, 3.8) is 0 Å². The fourth-order valence-electron chi connectivity index (χ4n) is 5.10. The number of rotatable bonds is 9. The number of benzene rings is 4. The molecule has 0 bridgehead atoms. The minimum Gasteiger partial charge on any atom is -0.481 e. The van der Waals surface area contributed by atoms with Crippen LogP contribution in [0.2, 0.25) is 0 Å². The molecule has 0 fully saturated rings. The van der Waals surface area contributed by atoms with E-state index in [0.29, 0.717) is 41.1 Å². The van der Waals surface area contributed by atoms with Gasteiger partial charge in [0, 0.05) is 29.6 Å². The summed E-state index contributed by atoms with van der Waals surface area (Å²) in [4.78, 5) is 25.7. The van der Waals surface area contributed by atoms with Crippen LogP contribution in [-0.4, -0.2) is 29.4 Å². The highest BCUT2D eigenvalue weighted by Gasteiger charge is 2.24. The van der Waals surface area contributed by atoms with E-state index < -0.39 is 5.97 Å². The Hall–Kier alpha value is -4.58. The summed E-state index contributed by atoms with van der Waals surface area (Å²) in [5.74, 6) is -0.917. The molecule has 0 aliphatic heterocycles. The van der Waals surface area contributed by atoms with E-state index in [1.165, 1.54) is 5.56 Å². The van der Waals surface area contributed by atoms with Crippen molar-refractivity contribution in [1.29, 1.82) is 0 Å². The molecule has 0 aliphatic carbocycles. The van der Waals surface area contributed by atoms with Crippen molar-refractivity contribution in [1.82, 2.24) is 9.88 Å². The van der Waals surface area contributed by atoms with E-state index >= 15 is 0 Å². The van der Waals surface area contributed by atoms with E-state index in [-0.39, 0.29) is 12.3 Å². The molecule has 1 heterocycles. The first-order valence-corrected chi connectivity index (χ1v) is 13.4. The molecule has 0 saturated carbocycles. The molecule has 5 rings (SSSR count). The van der Waals surface area contributed by atoms with Crippen molar-refractivity contribution in [2.75, 3.05) is 0 Å². The van der Waals surface area contributed by atoms with E-state index in [4.69, 9.17) is 7.85 Å². The third-order valence-corrected chi connectivity index (χ3v) is 7.24. The first-order chi connectivity index (χ1) is 19.3. The summed E-state index contributed by atoms with van der Waals surface area (Å²) in [6, 6.07) is 31.9. The van der Waals surface area contributed by atoms with Gasteiger partial charge < -0.3 is 15.0 Å². The van der Waals surface area contributed by atoms with Gasteiger partial charge in [-0.05, 0) is 39.8 Å². The van der Waals surface area contributed by atoms with Crippen LogP contribution in [0.15, 0.2) is 97.1 Å². The zero-order chi connectivity index (χ0) is 28.2. The lowest BCUT2D eigenvalue weighted by atomic mass is 9.93. The Labute approximate surface area is 235 Å². The average molecular weight is 526 g/mol. The van der Waals surface area contributed by atoms with E-state index in [1.54, 1.807) is 12.1 Å². The highest BCUT2D eigenvalue weighted by atomic mass is 16.4. The molecule has 1 amide bonds. The summed E-state index contributed by atoms with van der Waals surface area (Å²) in [5, 5.41) is 13.4. The number of aliphatic carboxylic acids is 1. The zero-order valence-corrected chi connectivity index (χ0v) is 22.7. The molecular formula is C34H31BN2O3. The smallest absolute Gasteiger partial charge is 0.307 e. The fraction of sp³-hybridized carbons (Fsp3) is 0.176. The molecule has 0 atom stereocenters. The quantitative estimate of drug-likeness (QED) is 0.238. The number of nitrogens with zero attached hydrogens (tertiary/aromatic N) is 1. The molecule has 4 aromatic carbocycles. The van der Waals surface area contributed by atoms with Crippen LogP contribution in [0.4, 0.5) is 0 Å². The number of fused-ring (bicyclic) bond motifs is 1. The number of aromatic nitrogens is 1. The zero-order valence-electron chi connectivity index (χ0n) is 22.7. The van der Waals surface area contributed by atoms with E-state index in [2.05, 4.69) is 55.6 Å². The van der Waals surface area contributed by atoms with Crippen LogP contribution in [0.25, 0.3) is 22.0 Å². The van der Waals surface area contributed by atoms with Gasteiger partial charge in [0.15, 0.2) is 0 Å². The average Bonchev–Trinajstić information content (AvgIpc) is 3.24. The van der Waals surface area contributed by atoms with Gasteiger partial charge in [0.25, 0.3) is 5.91 Å². The van der Waals surface area contributed by atoms with E-state index in [1.807, 2.05) is 53.1 Å². The molecule has 198 valence electrons. The summed E-state index contributed by atoms with van der Waals surface area (Å²) in [7, 11) is 6.09. The molecule has 5 nitrogen and oxygen atoms in total. The molecule has 6 heteroatoms. The second-order valence-corrected chi connectivity index (χ2v) is 10.4. The first-order valence-electron chi connectivity index (χ1n) is 13.4. The van der Waals surface area contributed by atoms with Crippen molar-refractivity contribution in [2.45, 2.75) is 39.3 Å². The number of carbonyl (C=O) groups excluding carboxylic acids is 1. The molecular weight excluding hydrogens is 495 g/mol. The highest BCUT2D eigenvalue weighted by Crippen LogP contribution is 2.28. The Balaban J connectivity index is 1.48. The molecule has 1 aromatic heterocycles. The second-order valence-electron chi connectivity index (χ2n) is 10.4. The van der Waals surface area contributed by atoms with Crippen LogP contribution < -0.4 is 10.8 Å². The summed E-state index contributed by atoms with van der Waals surface area (Å²) >= 11 is 0. The van der Waals surface area contributed by atoms with Gasteiger partial charge in [-0.25, -0.2) is 0 Å². The number of carboxylic acids is 1. The van der Waals surface area contributed by atoms with Crippen molar-refractivity contribution in [3.05, 3.63) is 125 Å². The van der Waals surface area contributed by atoms with Crippen LogP contribution in [0.1, 0.15) is 52.5 Å². The van der Waals surface area contributed by atoms with Crippen molar-refractivity contribution in [3.8, 4) is 11.1 Å². The molecule has 0 spiro atoms. The first kappa shape index (κ1) is 27.0. The molecule has 0 aliphatic rings. The molecule has 5 aromatic rings. The Morgan fingerprint density at radius 1 is 0.850 bits per heavy atom. The summed E-state index contributed by atoms with van der Waals surface area (Å²) in [6.07, 6.45) is -0.284. The topological polar surface area (TPSA) is 71.3 Å². The van der Waals surface area contributed by atoms with Gasteiger partial charge in [-0.15, -0.1) is 0 Å². The monoisotopic (exact) mass is 526 g/mol. The van der Waals surface area contributed by atoms with Crippen LogP contribution in [-0.2, 0) is 24.3 Å². The maximum Gasteiger partial charge on any atom is 0.307 e. The van der Waals surface area contributed by atoms with Crippen LogP contribution in [0.5, 0.6) is 0 Å². The fourth-order valence-corrected chi connectivity index (χ4v) is 5.10. The summed E-state index contributed by atoms with van der Waals surface area (Å²) in [6.45, 7) is 5.03. The molecule has 0 saturated heterocycles. The Morgan fingerprint density at radius 2 is 1.50 bits per heavy atom. The minimum atomic E-state index is -1.01. The highest BCUT2D eigenvalue weighted by molar-refractivity contribution is 6.33. The maximum atomic E-state index is 13.8. The molecule has 2 radical (unpaired) electrons. The summed E-state index contributed by atoms with van der Waals surface area (Å²) in [5.41, 5.74) is 7.52. The summed E-state index contributed by atoms with van der Waals surface area (Å²) < 4.78 is 1.91. The van der Waals surface area contributed by atoms with Gasteiger partial charge in [-0.3, -0.25) is 9.59 Å². The number of carbonyl (C=O) groups is 2. The number of hydrogen-bond acceptors (Lipinski definition) is 2. The largest absolute Gasteiger partial charge is 0.481 e. The van der Waals surface area contributed by atoms with E-state index in [0.717, 1.165) is 27.8 Å². The lowest BCUT2D eigenvalue weighted by molar-refractivity contribution is -0.136. The third kappa shape index (κ3) is 5.86. The van der Waals surface area contributed by atoms with E-state index in [9.17, 15) is 14.7 Å². The molecule has 2 N–H and O–H groups in total. The Kier molecular flexibility index (Phi) is 7.88. The second kappa shape index (κ2) is 11.7. The number of hydrogen-bond donors (Lipinski definition) is 2. The molecule has 40 heavy (non-hydrogen) atoms. The lowest BCUT2D eigenvalue weighted by Gasteiger charge is -2.14. The predicted molar refractivity (Wildman–Crippen MR) is 161 cm³/mol. The number of amides is 1. The normalized spacial score (nSPS) is 11.2. The Bertz CT molecular complexity index is 1650. The predicted octanol–water partition coefficient (Wildman–Crippen LogP) is 5.83. The van der Waals surface area contributed by atoms with Gasteiger partial charge in [-0.1, -0.05) is 110 Å². The van der Waals surface area contributed by atoms with Crippen molar-refractivity contribution < 1.29 is 14.7 Å². The maximum absolute atomic E-state index is 13.8. The standard InChI is InChI=1S/C34H31BN2O3/c1-22(2)25-12-10-24(11-13-25)21-37-31-17-16-28(35)18-29(31)30(19-32(38)39)33(37)34(40)36-20-23-8-14-27(15-9-23)26-6-4-3-5-7-26/h3-18,22H,19-21H2,1-2H3,(H,36,40)(H,38,39). The number of nitrogens with one attached hydrogen (secondary N) is 1. The van der Waals surface area contributed by atoms with Crippen molar-refractivity contribution in [2.24, 2.45) is 0 Å². The van der Waals surface area contributed by atoms with Crippen LogP contribution >= 0.6 is 0 Å². The van der Waals surface area contributed by atoms with Crippen LogP contribution in [0.3, 0.4) is 0 Å².